The minimum atomic E-state index is -0.249. The molecule has 1 atom stereocenters. The summed E-state index contributed by atoms with van der Waals surface area (Å²) in [6.07, 6.45) is 4.66. The maximum atomic E-state index is 9.02. The van der Waals surface area contributed by atoms with Crippen molar-refractivity contribution >= 4 is 0 Å². The molecule has 0 aromatic rings. The van der Waals surface area contributed by atoms with E-state index in [1.165, 1.54) is 6.42 Å². The van der Waals surface area contributed by atoms with Gasteiger partial charge in [0.05, 0.1) is 17.6 Å². The van der Waals surface area contributed by atoms with Crippen LogP contribution >= 0.6 is 0 Å². The molecule has 0 aromatic carbocycles. The summed E-state index contributed by atoms with van der Waals surface area (Å²) in [4.78, 5) is 0. The summed E-state index contributed by atoms with van der Waals surface area (Å²) in [6.45, 7) is 1.78. The lowest BCUT2D eigenvalue weighted by Gasteiger charge is -2.35. The number of nitriles is 1. The Bertz CT molecular complexity index is 165. The summed E-state index contributed by atoms with van der Waals surface area (Å²) >= 11 is 0. The van der Waals surface area contributed by atoms with Crippen molar-refractivity contribution in [1.82, 2.24) is 0 Å². The molecule has 1 aliphatic rings. The van der Waals surface area contributed by atoms with Crippen LogP contribution in [0.2, 0.25) is 0 Å². The van der Waals surface area contributed by atoms with Crippen LogP contribution in [0.4, 0.5) is 0 Å². The molecule has 0 radical (unpaired) electrons. The molecule has 0 bridgehead atoms. The molecular weight excluding hydrogens is 138 g/mol. The van der Waals surface area contributed by atoms with Crippen molar-refractivity contribution in [3.8, 4) is 6.07 Å². The standard InChI is InChI=1S/C9H15NO/c1-8(11)3-6-9(7-10)4-2-5-9/h8,11H,2-6H2,1H3. The predicted octanol–water partition coefficient (Wildman–Crippen LogP) is 1.84. The van der Waals surface area contributed by atoms with Gasteiger partial charge in [-0.2, -0.15) is 5.26 Å². The smallest absolute Gasteiger partial charge is 0.0689 e. The van der Waals surface area contributed by atoms with E-state index in [1.807, 2.05) is 0 Å². The van der Waals surface area contributed by atoms with Crippen LogP contribution < -0.4 is 0 Å². The second kappa shape index (κ2) is 3.23. The fourth-order valence-corrected chi connectivity index (χ4v) is 1.51. The zero-order valence-electron chi connectivity index (χ0n) is 7.01. The number of rotatable bonds is 3. The van der Waals surface area contributed by atoms with E-state index in [1.54, 1.807) is 6.92 Å². The van der Waals surface area contributed by atoms with Crippen LogP contribution in [0.25, 0.3) is 0 Å². The average molecular weight is 153 g/mol. The fourth-order valence-electron chi connectivity index (χ4n) is 1.51. The van der Waals surface area contributed by atoms with Gasteiger partial charge in [0.2, 0.25) is 0 Å². The maximum absolute atomic E-state index is 9.02. The van der Waals surface area contributed by atoms with Crippen molar-refractivity contribution in [3.63, 3.8) is 0 Å². The highest BCUT2D eigenvalue weighted by molar-refractivity contribution is 5.04. The number of aliphatic hydroxyl groups excluding tert-OH is 1. The summed E-state index contributed by atoms with van der Waals surface area (Å²) in [5.41, 5.74) is -0.0585. The van der Waals surface area contributed by atoms with E-state index < -0.39 is 0 Å². The van der Waals surface area contributed by atoms with Gasteiger partial charge in [-0.25, -0.2) is 0 Å². The van der Waals surface area contributed by atoms with Gasteiger partial charge in [0.15, 0.2) is 0 Å². The Labute approximate surface area is 67.8 Å². The number of nitrogens with zero attached hydrogens (tertiary/aromatic N) is 1. The molecule has 11 heavy (non-hydrogen) atoms. The lowest BCUT2D eigenvalue weighted by atomic mass is 9.67. The van der Waals surface area contributed by atoms with E-state index in [0.717, 1.165) is 25.7 Å². The Balaban J connectivity index is 2.29. The molecule has 1 saturated carbocycles. The van der Waals surface area contributed by atoms with Crippen LogP contribution in [0.15, 0.2) is 0 Å². The Hall–Kier alpha value is -0.550. The zero-order valence-corrected chi connectivity index (χ0v) is 7.01. The van der Waals surface area contributed by atoms with E-state index in [-0.39, 0.29) is 11.5 Å². The van der Waals surface area contributed by atoms with E-state index >= 15 is 0 Å². The fraction of sp³-hybridized carbons (Fsp3) is 0.889. The summed E-state index contributed by atoms with van der Waals surface area (Å²) in [5, 5.41) is 17.8. The van der Waals surface area contributed by atoms with Gasteiger partial charge in [0.1, 0.15) is 0 Å². The van der Waals surface area contributed by atoms with Crippen molar-refractivity contribution < 1.29 is 5.11 Å². The van der Waals surface area contributed by atoms with Gasteiger partial charge in [-0.3, -0.25) is 0 Å². The van der Waals surface area contributed by atoms with Gasteiger partial charge in [-0.15, -0.1) is 0 Å². The summed E-state index contributed by atoms with van der Waals surface area (Å²) in [6, 6.07) is 2.36. The van der Waals surface area contributed by atoms with E-state index in [9.17, 15) is 0 Å². The highest BCUT2D eigenvalue weighted by atomic mass is 16.3. The highest BCUT2D eigenvalue weighted by Crippen LogP contribution is 2.44. The van der Waals surface area contributed by atoms with Crippen molar-refractivity contribution in [3.05, 3.63) is 0 Å². The molecule has 0 aromatic heterocycles. The lowest BCUT2D eigenvalue weighted by molar-refractivity contribution is 0.130. The average Bonchev–Trinajstić information content (AvgIpc) is 1.86. The number of aliphatic hydroxyl groups is 1. The first-order valence-corrected chi connectivity index (χ1v) is 4.28. The van der Waals surface area contributed by atoms with Crippen LogP contribution in [0.1, 0.15) is 39.0 Å². The molecular formula is C9H15NO. The minimum Gasteiger partial charge on any atom is -0.393 e. The summed E-state index contributed by atoms with van der Waals surface area (Å²) < 4.78 is 0. The van der Waals surface area contributed by atoms with Gasteiger partial charge in [-0.1, -0.05) is 6.42 Å². The zero-order chi connectivity index (χ0) is 8.32. The van der Waals surface area contributed by atoms with Crippen molar-refractivity contribution in [2.24, 2.45) is 5.41 Å². The van der Waals surface area contributed by atoms with Gasteiger partial charge in [-0.05, 0) is 32.6 Å². The summed E-state index contributed by atoms with van der Waals surface area (Å²) in [7, 11) is 0. The molecule has 2 nitrogen and oxygen atoms in total. The molecule has 2 heteroatoms. The second-order valence-corrected chi connectivity index (χ2v) is 3.63. The van der Waals surface area contributed by atoms with E-state index in [2.05, 4.69) is 6.07 Å². The summed E-state index contributed by atoms with van der Waals surface area (Å²) in [5.74, 6) is 0. The number of hydrogen-bond acceptors (Lipinski definition) is 2. The molecule has 0 saturated heterocycles. The third-order valence-corrected chi connectivity index (χ3v) is 2.59. The molecule has 1 rings (SSSR count). The van der Waals surface area contributed by atoms with Gasteiger partial charge < -0.3 is 5.11 Å². The van der Waals surface area contributed by atoms with Gasteiger partial charge in [0.25, 0.3) is 0 Å². The van der Waals surface area contributed by atoms with Crippen LogP contribution in [-0.4, -0.2) is 11.2 Å². The normalized spacial score (nSPS) is 23.4. The first-order chi connectivity index (χ1) is 5.18. The van der Waals surface area contributed by atoms with Crippen LogP contribution in [0.5, 0.6) is 0 Å². The van der Waals surface area contributed by atoms with Crippen molar-refractivity contribution in [1.29, 1.82) is 5.26 Å². The first-order valence-electron chi connectivity index (χ1n) is 4.28. The quantitative estimate of drug-likeness (QED) is 0.672. The molecule has 1 fully saturated rings. The van der Waals surface area contributed by atoms with E-state index in [0.29, 0.717) is 0 Å². The molecule has 0 heterocycles. The molecule has 1 aliphatic carbocycles. The van der Waals surface area contributed by atoms with Gasteiger partial charge >= 0.3 is 0 Å². The van der Waals surface area contributed by atoms with Crippen LogP contribution in [0, 0.1) is 16.7 Å². The molecule has 0 spiro atoms. The largest absolute Gasteiger partial charge is 0.393 e. The Morgan fingerprint density at radius 2 is 2.27 bits per heavy atom. The minimum absolute atomic E-state index is 0.0585. The molecule has 62 valence electrons. The predicted molar refractivity (Wildman–Crippen MR) is 42.8 cm³/mol. The van der Waals surface area contributed by atoms with Crippen molar-refractivity contribution in [2.75, 3.05) is 0 Å². The Kier molecular flexibility index (Phi) is 2.51. The molecule has 0 amide bonds. The first kappa shape index (κ1) is 8.55. The molecule has 1 unspecified atom stereocenters. The SMILES string of the molecule is CC(O)CCC1(C#N)CCC1. The Morgan fingerprint density at radius 3 is 2.55 bits per heavy atom. The Morgan fingerprint density at radius 1 is 1.64 bits per heavy atom. The van der Waals surface area contributed by atoms with Gasteiger partial charge in [0, 0.05) is 0 Å². The highest BCUT2D eigenvalue weighted by Gasteiger charge is 2.36. The third-order valence-electron chi connectivity index (χ3n) is 2.59. The van der Waals surface area contributed by atoms with Crippen LogP contribution in [0.3, 0.4) is 0 Å². The van der Waals surface area contributed by atoms with Crippen LogP contribution in [-0.2, 0) is 0 Å². The van der Waals surface area contributed by atoms with Crippen molar-refractivity contribution in [2.45, 2.75) is 45.1 Å². The number of hydrogen-bond donors (Lipinski definition) is 1. The maximum Gasteiger partial charge on any atom is 0.0689 e. The monoisotopic (exact) mass is 153 g/mol. The molecule has 0 aliphatic heterocycles. The lowest BCUT2D eigenvalue weighted by Crippen LogP contribution is -2.28. The third kappa shape index (κ3) is 1.94. The topological polar surface area (TPSA) is 44.0 Å². The van der Waals surface area contributed by atoms with E-state index in [4.69, 9.17) is 10.4 Å². The second-order valence-electron chi connectivity index (χ2n) is 3.63. The molecule has 1 N–H and O–H groups in total.